The van der Waals surface area contributed by atoms with Gasteiger partial charge in [0, 0.05) is 19.6 Å². The smallest absolute Gasteiger partial charge is 0.317 e. The van der Waals surface area contributed by atoms with Crippen molar-refractivity contribution < 1.29 is 24.2 Å². The number of aliphatic carboxylic acids is 2. The number of benzene rings is 1. The lowest BCUT2D eigenvalue weighted by Gasteiger charge is -2.24. The Morgan fingerprint density at radius 3 is 2.55 bits per heavy atom. The standard InChI is InChI=1S/C15H21FN2O4/c1-2-6-18(7-5-14(19)20)13-8-11(3-4-12(13)16)9-17-10-15(21)22/h3-4,8,17H,2,5-7,9-10H2,1H3,(H,19,20)(H,21,22). The van der Waals surface area contributed by atoms with E-state index in [0.29, 0.717) is 18.8 Å². The Bertz CT molecular complexity index is 522. The number of hydrogen-bond acceptors (Lipinski definition) is 4. The Hall–Kier alpha value is -2.15. The largest absolute Gasteiger partial charge is 0.481 e. The van der Waals surface area contributed by atoms with Crippen LogP contribution in [-0.4, -0.2) is 41.8 Å². The van der Waals surface area contributed by atoms with Gasteiger partial charge in [0.15, 0.2) is 0 Å². The van der Waals surface area contributed by atoms with Crippen molar-refractivity contribution in [2.45, 2.75) is 26.3 Å². The highest BCUT2D eigenvalue weighted by atomic mass is 19.1. The van der Waals surface area contributed by atoms with Crippen LogP contribution in [0.3, 0.4) is 0 Å². The predicted molar refractivity (Wildman–Crippen MR) is 80.5 cm³/mol. The summed E-state index contributed by atoms with van der Waals surface area (Å²) in [5.41, 5.74) is 1.09. The van der Waals surface area contributed by atoms with Crippen LogP contribution in [0.5, 0.6) is 0 Å². The Morgan fingerprint density at radius 2 is 1.95 bits per heavy atom. The third-order valence-electron chi connectivity index (χ3n) is 3.05. The minimum atomic E-state index is -0.962. The minimum Gasteiger partial charge on any atom is -0.481 e. The van der Waals surface area contributed by atoms with Crippen LogP contribution in [0.4, 0.5) is 10.1 Å². The lowest BCUT2D eigenvalue weighted by Crippen LogP contribution is -2.28. The van der Waals surface area contributed by atoms with E-state index in [1.54, 1.807) is 17.0 Å². The molecule has 0 saturated carbocycles. The van der Waals surface area contributed by atoms with Crippen molar-refractivity contribution in [3.63, 3.8) is 0 Å². The van der Waals surface area contributed by atoms with Gasteiger partial charge in [0.2, 0.25) is 0 Å². The van der Waals surface area contributed by atoms with Crippen LogP contribution in [0.25, 0.3) is 0 Å². The van der Waals surface area contributed by atoms with Crippen molar-refractivity contribution in [1.82, 2.24) is 5.32 Å². The molecule has 7 heteroatoms. The SMILES string of the molecule is CCCN(CCC(=O)O)c1cc(CNCC(=O)O)ccc1F. The summed E-state index contributed by atoms with van der Waals surface area (Å²) >= 11 is 0. The molecule has 0 aliphatic carbocycles. The van der Waals surface area contributed by atoms with Crippen molar-refractivity contribution in [1.29, 1.82) is 0 Å². The Labute approximate surface area is 128 Å². The minimum absolute atomic E-state index is 0.0685. The molecule has 0 aliphatic rings. The summed E-state index contributed by atoms with van der Waals surface area (Å²) in [5, 5.41) is 20.1. The van der Waals surface area contributed by atoms with Gasteiger partial charge < -0.3 is 20.4 Å². The van der Waals surface area contributed by atoms with E-state index in [1.807, 2.05) is 6.92 Å². The van der Waals surface area contributed by atoms with Gasteiger partial charge in [0.25, 0.3) is 0 Å². The van der Waals surface area contributed by atoms with E-state index in [0.717, 1.165) is 12.0 Å². The fraction of sp³-hybridized carbons (Fsp3) is 0.467. The Balaban J connectivity index is 2.83. The Kier molecular flexibility index (Phi) is 7.31. The maximum Gasteiger partial charge on any atom is 0.317 e. The molecule has 0 aliphatic heterocycles. The molecule has 0 bridgehead atoms. The zero-order chi connectivity index (χ0) is 16.5. The van der Waals surface area contributed by atoms with Gasteiger partial charge in [0.1, 0.15) is 5.82 Å². The van der Waals surface area contributed by atoms with E-state index in [4.69, 9.17) is 10.2 Å². The molecule has 0 spiro atoms. The van der Waals surface area contributed by atoms with Gasteiger partial charge in [0.05, 0.1) is 18.7 Å². The normalized spacial score (nSPS) is 10.5. The molecule has 22 heavy (non-hydrogen) atoms. The predicted octanol–water partition coefficient (Wildman–Crippen LogP) is 1.69. The second-order valence-electron chi connectivity index (χ2n) is 4.91. The average molecular weight is 312 g/mol. The summed E-state index contributed by atoms with van der Waals surface area (Å²) < 4.78 is 14.0. The molecule has 1 rings (SSSR count). The summed E-state index contributed by atoms with van der Waals surface area (Å²) in [6.45, 7) is 2.84. The van der Waals surface area contributed by atoms with E-state index in [9.17, 15) is 14.0 Å². The quantitative estimate of drug-likeness (QED) is 0.609. The van der Waals surface area contributed by atoms with E-state index in [1.165, 1.54) is 6.07 Å². The lowest BCUT2D eigenvalue weighted by atomic mass is 10.1. The van der Waals surface area contributed by atoms with Crippen LogP contribution in [-0.2, 0) is 16.1 Å². The molecule has 0 amide bonds. The fourth-order valence-corrected chi connectivity index (χ4v) is 2.08. The van der Waals surface area contributed by atoms with E-state index in [2.05, 4.69) is 5.32 Å². The molecule has 0 unspecified atom stereocenters. The zero-order valence-electron chi connectivity index (χ0n) is 12.5. The van der Waals surface area contributed by atoms with Crippen molar-refractivity contribution >= 4 is 17.6 Å². The molecule has 6 nitrogen and oxygen atoms in total. The molecule has 0 saturated heterocycles. The first-order valence-corrected chi connectivity index (χ1v) is 7.11. The molecule has 1 aromatic carbocycles. The van der Waals surface area contributed by atoms with Gasteiger partial charge in [-0.15, -0.1) is 0 Å². The van der Waals surface area contributed by atoms with Crippen LogP contribution in [0.2, 0.25) is 0 Å². The van der Waals surface area contributed by atoms with Gasteiger partial charge in [-0.2, -0.15) is 0 Å². The molecule has 0 fully saturated rings. The number of rotatable bonds is 10. The van der Waals surface area contributed by atoms with Gasteiger partial charge >= 0.3 is 11.9 Å². The first-order valence-electron chi connectivity index (χ1n) is 7.11. The van der Waals surface area contributed by atoms with Crippen LogP contribution in [0.15, 0.2) is 18.2 Å². The third kappa shape index (κ3) is 6.09. The lowest BCUT2D eigenvalue weighted by molar-refractivity contribution is -0.137. The number of nitrogens with one attached hydrogen (secondary N) is 1. The van der Waals surface area contributed by atoms with E-state index >= 15 is 0 Å². The van der Waals surface area contributed by atoms with Gasteiger partial charge in [-0.3, -0.25) is 9.59 Å². The first kappa shape index (κ1) is 17.9. The first-order chi connectivity index (χ1) is 10.4. The number of anilines is 1. The highest BCUT2D eigenvalue weighted by Crippen LogP contribution is 2.22. The van der Waals surface area contributed by atoms with Crippen molar-refractivity contribution in [2.75, 3.05) is 24.5 Å². The van der Waals surface area contributed by atoms with Gasteiger partial charge in [-0.1, -0.05) is 13.0 Å². The number of halogens is 1. The van der Waals surface area contributed by atoms with E-state index < -0.39 is 17.8 Å². The summed E-state index contributed by atoms with van der Waals surface area (Å²) in [7, 11) is 0. The number of nitrogens with zero attached hydrogens (tertiary/aromatic N) is 1. The third-order valence-corrected chi connectivity index (χ3v) is 3.05. The van der Waals surface area contributed by atoms with Crippen molar-refractivity contribution in [3.05, 3.63) is 29.6 Å². The summed E-state index contributed by atoms with van der Waals surface area (Å²) in [5.74, 6) is -2.31. The number of carboxylic acid groups (broad SMARTS) is 2. The Morgan fingerprint density at radius 1 is 1.23 bits per heavy atom. The molecule has 3 N–H and O–H groups in total. The maximum absolute atomic E-state index is 14.0. The summed E-state index contributed by atoms with van der Waals surface area (Å²) in [6, 6.07) is 4.52. The van der Waals surface area contributed by atoms with Crippen LogP contribution >= 0.6 is 0 Å². The van der Waals surface area contributed by atoms with Crippen LogP contribution < -0.4 is 10.2 Å². The topological polar surface area (TPSA) is 89.9 Å². The summed E-state index contributed by atoms with van der Waals surface area (Å²) in [6.07, 6.45) is 0.696. The second kappa shape index (κ2) is 8.99. The van der Waals surface area contributed by atoms with Crippen LogP contribution in [0, 0.1) is 5.82 Å². The van der Waals surface area contributed by atoms with Crippen molar-refractivity contribution in [2.24, 2.45) is 0 Å². The highest BCUT2D eigenvalue weighted by Gasteiger charge is 2.13. The van der Waals surface area contributed by atoms with Crippen molar-refractivity contribution in [3.8, 4) is 0 Å². The number of hydrogen-bond donors (Lipinski definition) is 3. The second-order valence-corrected chi connectivity index (χ2v) is 4.91. The van der Waals surface area contributed by atoms with Gasteiger partial charge in [-0.05, 0) is 24.1 Å². The van der Waals surface area contributed by atoms with Gasteiger partial charge in [-0.25, -0.2) is 4.39 Å². The molecular formula is C15H21FN2O4. The molecular weight excluding hydrogens is 291 g/mol. The molecule has 122 valence electrons. The zero-order valence-corrected chi connectivity index (χ0v) is 12.5. The maximum atomic E-state index is 14.0. The highest BCUT2D eigenvalue weighted by molar-refractivity contribution is 5.69. The molecule has 0 radical (unpaired) electrons. The van der Waals surface area contributed by atoms with Crippen LogP contribution in [0.1, 0.15) is 25.3 Å². The fourth-order valence-electron chi connectivity index (χ4n) is 2.08. The molecule has 1 aromatic rings. The average Bonchev–Trinajstić information content (AvgIpc) is 2.45. The number of carbonyl (C=O) groups is 2. The monoisotopic (exact) mass is 312 g/mol. The summed E-state index contributed by atoms with van der Waals surface area (Å²) in [4.78, 5) is 22.9. The number of carboxylic acids is 2. The molecule has 0 atom stereocenters. The van der Waals surface area contributed by atoms with E-state index in [-0.39, 0.29) is 19.5 Å². The molecule has 0 aromatic heterocycles. The molecule has 0 heterocycles.